The van der Waals surface area contributed by atoms with Crippen LogP contribution in [0.15, 0.2) is 12.1 Å². The Labute approximate surface area is 94.8 Å². The number of carbonyl (C=O) groups is 1. The Morgan fingerprint density at radius 1 is 1.31 bits per heavy atom. The second-order valence-corrected chi connectivity index (χ2v) is 3.42. The number of aliphatic hydroxyl groups excluding tert-OH is 1. The molecule has 0 saturated carbocycles. The van der Waals surface area contributed by atoms with Gasteiger partial charge in [-0.15, -0.1) is 0 Å². The van der Waals surface area contributed by atoms with E-state index in [0.29, 0.717) is 5.56 Å². The van der Waals surface area contributed by atoms with Crippen molar-refractivity contribution >= 4 is 5.97 Å². The standard InChI is InChI=1S/C12H16O4/c1-8-9(2)11(15-3)5-4-10(8)12(14)16-7-6-13/h4-5,13H,6-7H2,1-3H3. The van der Waals surface area contributed by atoms with E-state index in [9.17, 15) is 4.79 Å². The summed E-state index contributed by atoms with van der Waals surface area (Å²) < 4.78 is 10.0. The lowest BCUT2D eigenvalue weighted by atomic mass is 10.0. The van der Waals surface area contributed by atoms with Crippen molar-refractivity contribution in [2.45, 2.75) is 13.8 Å². The predicted molar refractivity (Wildman–Crippen MR) is 59.8 cm³/mol. The van der Waals surface area contributed by atoms with E-state index in [-0.39, 0.29) is 13.2 Å². The van der Waals surface area contributed by atoms with Gasteiger partial charge in [0.15, 0.2) is 0 Å². The molecule has 1 N–H and O–H groups in total. The molecule has 0 aromatic heterocycles. The summed E-state index contributed by atoms with van der Waals surface area (Å²) >= 11 is 0. The summed E-state index contributed by atoms with van der Waals surface area (Å²) in [5.74, 6) is 0.327. The number of hydrogen-bond acceptors (Lipinski definition) is 4. The lowest BCUT2D eigenvalue weighted by Gasteiger charge is -2.11. The minimum absolute atomic E-state index is 0.0172. The molecule has 0 aliphatic rings. The fraction of sp³-hybridized carbons (Fsp3) is 0.417. The first-order valence-electron chi connectivity index (χ1n) is 5.04. The third-order valence-electron chi connectivity index (χ3n) is 2.50. The Hall–Kier alpha value is -1.55. The molecule has 0 bridgehead atoms. The summed E-state index contributed by atoms with van der Waals surface area (Å²) in [6.07, 6.45) is 0. The molecule has 0 saturated heterocycles. The van der Waals surface area contributed by atoms with E-state index in [1.54, 1.807) is 19.2 Å². The van der Waals surface area contributed by atoms with E-state index >= 15 is 0 Å². The van der Waals surface area contributed by atoms with Crippen molar-refractivity contribution in [2.75, 3.05) is 20.3 Å². The molecule has 0 atom stereocenters. The monoisotopic (exact) mass is 224 g/mol. The van der Waals surface area contributed by atoms with Crippen molar-refractivity contribution in [1.29, 1.82) is 0 Å². The van der Waals surface area contributed by atoms with Crippen LogP contribution < -0.4 is 4.74 Å². The van der Waals surface area contributed by atoms with Crippen LogP contribution >= 0.6 is 0 Å². The first-order chi connectivity index (χ1) is 7.61. The first-order valence-corrected chi connectivity index (χ1v) is 5.04. The molecule has 0 spiro atoms. The molecule has 0 unspecified atom stereocenters. The number of ether oxygens (including phenoxy) is 2. The normalized spacial score (nSPS) is 10.0. The Morgan fingerprint density at radius 3 is 2.56 bits per heavy atom. The summed E-state index contributed by atoms with van der Waals surface area (Å²) in [7, 11) is 1.59. The fourth-order valence-corrected chi connectivity index (χ4v) is 1.45. The zero-order valence-corrected chi connectivity index (χ0v) is 9.74. The smallest absolute Gasteiger partial charge is 0.338 e. The van der Waals surface area contributed by atoms with Gasteiger partial charge in [0.2, 0.25) is 0 Å². The summed E-state index contributed by atoms with van der Waals surface area (Å²) in [4.78, 5) is 11.6. The Bertz CT molecular complexity index is 385. The summed E-state index contributed by atoms with van der Waals surface area (Å²) in [5, 5.41) is 8.57. The molecule has 1 aromatic rings. The second kappa shape index (κ2) is 5.51. The maximum absolute atomic E-state index is 11.6. The number of aliphatic hydroxyl groups is 1. The van der Waals surface area contributed by atoms with Crippen LogP contribution in [-0.4, -0.2) is 31.4 Å². The van der Waals surface area contributed by atoms with Crippen LogP contribution in [0.25, 0.3) is 0 Å². The molecule has 16 heavy (non-hydrogen) atoms. The molecule has 0 fully saturated rings. The molecule has 88 valence electrons. The molecular weight excluding hydrogens is 208 g/mol. The number of carbonyl (C=O) groups excluding carboxylic acids is 1. The van der Waals surface area contributed by atoms with Crippen LogP contribution in [0.1, 0.15) is 21.5 Å². The average molecular weight is 224 g/mol. The van der Waals surface area contributed by atoms with Crippen LogP contribution in [0.2, 0.25) is 0 Å². The zero-order valence-electron chi connectivity index (χ0n) is 9.74. The van der Waals surface area contributed by atoms with E-state index < -0.39 is 5.97 Å². The fourth-order valence-electron chi connectivity index (χ4n) is 1.45. The van der Waals surface area contributed by atoms with E-state index in [4.69, 9.17) is 14.6 Å². The van der Waals surface area contributed by atoms with Gasteiger partial charge < -0.3 is 14.6 Å². The highest BCUT2D eigenvalue weighted by Crippen LogP contribution is 2.24. The third-order valence-corrected chi connectivity index (χ3v) is 2.50. The molecule has 1 rings (SSSR count). The van der Waals surface area contributed by atoms with E-state index in [1.807, 2.05) is 13.8 Å². The zero-order chi connectivity index (χ0) is 12.1. The minimum atomic E-state index is -0.419. The van der Waals surface area contributed by atoms with Gasteiger partial charge in [-0.25, -0.2) is 4.79 Å². The second-order valence-electron chi connectivity index (χ2n) is 3.42. The molecular formula is C12H16O4. The predicted octanol–water partition coefficient (Wildman–Crippen LogP) is 1.46. The van der Waals surface area contributed by atoms with Crippen molar-refractivity contribution in [1.82, 2.24) is 0 Å². The molecule has 0 aliphatic heterocycles. The van der Waals surface area contributed by atoms with E-state index in [0.717, 1.165) is 16.9 Å². The van der Waals surface area contributed by atoms with Gasteiger partial charge in [0.1, 0.15) is 12.4 Å². The van der Waals surface area contributed by atoms with Crippen LogP contribution in [0, 0.1) is 13.8 Å². The highest BCUT2D eigenvalue weighted by molar-refractivity contribution is 5.91. The molecule has 1 aromatic carbocycles. The molecule has 4 nitrogen and oxygen atoms in total. The van der Waals surface area contributed by atoms with Gasteiger partial charge in [-0.2, -0.15) is 0 Å². The number of rotatable bonds is 4. The van der Waals surface area contributed by atoms with Gasteiger partial charge in [-0.3, -0.25) is 0 Å². The highest BCUT2D eigenvalue weighted by atomic mass is 16.5. The Balaban J connectivity index is 2.98. The van der Waals surface area contributed by atoms with Crippen molar-refractivity contribution in [3.05, 3.63) is 28.8 Å². The van der Waals surface area contributed by atoms with E-state index in [1.165, 1.54) is 0 Å². The summed E-state index contributed by atoms with van der Waals surface area (Å²) in [6.45, 7) is 3.58. The number of methoxy groups -OCH3 is 1. The van der Waals surface area contributed by atoms with Gasteiger partial charge in [0.05, 0.1) is 19.3 Å². The van der Waals surface area contributed by atoms with Gasteiger partial charge in [0, 0.05) is 0 Å². The molecule has 0 radical (unpaired) electrons. The minimum Gasteiger partial charge on any atom is -0.496 e. The van der Waals surface area contributed by atoms with Crippen LogP contribution in [-0.2, 0) is 4.74 Å². The molecule has 0 aliphatic carbocycles. The molecule has 0 heterocycles. The quantitative estimate of drug-likeness (QED) is 0.787. The van der Waals surface area contributed by atoms with Crippen molar-refractivity contribution in [2.24, 2.45) is 0 Å². The van der Waals surface area contributed by atoms with Crippen molar-refractivity contribution in [3.63, 3.8) is 0 Å². The van der Waals surface area contributed by atoms with Gasteiger partial charge in [-0.05, 0) is 37.1 Å². The SMILES string of the molecule is COc1ccc(C(=O)OCCO)c(C)c1C. The third kappa shape index (κ3) is 2.52. The van der Waals surface area contributed by atoms with E-state index in [2.05, 4.69) is 0 Å². The number of hydrogen-bond donors (Lipinski definition) is 1. The van der Waals surface area contributed by atoms with Crippen LogP contribution in [0.5, 0.6) is 5.75 Å². The topological polar surface area (TPSA) is 55.8 Å². The Morgan fingerprint density at radius 2 is 2.00 bits per heavy atom. The largest absolute Gasteiger partial charge is 0.496 e. The van der Waals surface area contributed by atoms with Gasteiger partial charge in [0.25, 0.3) is 0 Å². The maximum atomic E-state index is 11.6. The Kier molecular flexibility index (Phi) is 4.31. The van der Waals surface area contributed by atoms with Crippen LogP contribution in [0.4, 0.5) is 0 Å². The first kappa shape index (κ1) is 12.5. The lowest BCUT2D eigenvalue weighted by molar-refractivity contribution is 0.0433. The number of esters is 1. The summed E-state index contributed by atoms with van der Waals surface area (Å²) in [6, 6.07) is 3.40. The van der Waals surface area contributed by atoms with Gasteiger partial charge >= 0.3 is 5.97 Å². The lowest BCUT2D eigenvalue weighted by Crippen LogP contribution is -2.11. The number of benzene rings is 1. The molecule has 4 heteroatoms. The van der Waals surface area contributed by atoms with Gasteiger partial charge in [-0.1, -0.05) is 0 Å². The van der Waals surface area contributed by atoms with Crippen molar-refractivity contribution < 1.29 is 19.4 Å². The van der Waals surface area contributed by atoms with Crippen molar-refractivity contribution in [3.8, 4) is 5.75 Å². The maximum Gasteiger partial charge on any atom is 0.338 e. The summed E-state index contributed by atoms with van der Waals surface area (Å²) in [5.41, 5.74) is 2.26. The molecule has 0 amide bonds. The highest BCUT2D eigenvalue weighted by Gasteiger charge is 2.14. The average Bonchev–Trinajstić information content (AvgIpc) is 2.29. The van der Waals surface area contributed by atoms with Crippen LogP contribution in [0.3, 0.4) is 0 Å².